The van der Waals surface area contributed by atoms with Gasteiger partial charge in [0.25, 0.3) is 0 Å². The van der Waals surface area contributed by atoms with Gasteiger partial charge < -0.3 is 10.0 Å². The molecule has 1 aliphatic heterocycles. The molecule has 24 heavy (non-hydrogen) atoms. The molecule has 2 unspecified atom stereocenters. The second-order valence-corrected chi connectivity index (χ2v) is 7.23. The smallest absolute Gasteiger partial charge is 0.222 e. The second kappa shape index (κ2) is 7.18. The number of carbonyl (C=O) groups excluding carboxylic acids is 1. The van der Waals surface area contributed by atoms with E-state index in [2.05, 4.69) is 0 Å². The summed E-state index contributed by atoms with van der Waals surface area (Å²) in [5, 5.41) is 10.7. The van der Waals surface area contributed by atoms with E-state index in [1.807, 2.05) is 4.90 Å². The standard InChI is InChI=1S/C19H25F2NO2/c20-16-7-8-17(21)14(12-16)4-3-6-18(23)22-11-10-19(24)9-2-1-5-15(19)13-22/h7-8,12,15,24H,1-6,9-11,13H2. The first-order valence-corrected chi connectivity index (χ1v) is 8.92. The van der Waals surface area contributed by atoms with E-state index >= 15 is 0 Å². The number of carbonyl (C=O) groups is 1. The van der Waals surface area contributed by atoms with Gasteiger partial charge in [-0.25, -0.2) is 8.78 Å². The lowest BCUT2D eigenvalue weighted by Gasteiger charge is -2.47. The summed E-state index contributed by atoms with van der Waals surface area (Å²) in [5.74, 6) is -0.636. The summed E-state index contributed by atoms with van der Waals surface area (Å²) in [4.78, 5) is 14.2. The second-order valence-electron chi connectivity index (χ2n) is 7.23. The molecular formula is C19H25F2NO2. The van der Waals surface area contributed by atoms with E-state index in [9.17, 15) is 18.7 Å². The molecule has 1 saturated carbocycles. The molecule has 1 amide bonds. The number of hydrogen-bond acceptors (Lipinski definition) is 2. The third kappa shape index (κ3) is 3.77. The van der Waals surface area contributed by atoms with Crippen molar-refractivity contribution >= 4 is 5.91 Å². The summed E-state index contributed by atoms with van der Waals surface area (Å²) < 4.78 is 26.7. The Kier molecular flexibility index (Phi) is 5.18. The Morgan fingerprint density at radius 3 is 2.96 bits per heavy atom. The predicted octanol–water partition coefficient (Wildman–Crippen LogP) is 3.44. The maximum Gasteiger partial charge on any atom is 0.222 e. The highest BCUT2D eigenvalue weighted by Gasteiger charge is 2.43. The molecule has 2 atom stereocenters. The minimum Gasteiger partial charge on any atom is -0.389 e. The van der Waals surface area contributed by atoms with Crippen LogP contribution in [0.3, 0.4) is 0 Å². The Morgan fingerprint density at radius 2 is 2.12 bits per heavy atom. The number of aryl methyl sites for hydroxylation is 1. The average Bonchev–Trinajstić information content (AvgIpc) is 2.57. The monoisotopic (exact) mass is 337 g/mol. The van der Waals surface area contributed by atoms with Gasteiger partial charge in [-0.05, 0) is 55.9 Å². The van der Waals surface area contributed by atoms with E-state index in [0.717, 1.165) is 37.8 Å². The van der Waals surface area contributed by atoms with Crippen LogP contribution in [0.4, 0.5) is 8.78 Å². The topological polar surface area (TPSA) is 40.5 Å². The van der Waals surface area contributed by atoms with Crippen molar-refractivity contribution in [3.05, 3.63) is 35.4 Å². The number of amides is 1. The third-order valence-corrected chi connectivity index (χ3v) is 5.62. The van der Waals surface area contributed by atoms with Crippen molar-refractivity contribution in [2.24, 2.45) is 5.92 Å². The maximum atomic E-state index is 13.6. The Balaban J connectivity index is 1.50. The number of aliphatic hydroxyl groups is 1. The highest BCUT2D eigenvalue weighted by Crippen LogP contribution is 2.39. The van der Waals surface area contributed by atoms with E-state index in [0.29, 0.717) is 44.3 Å². The van der Waals surface area contributed by atoms with Crippen LogP contribution >= 0.6 is 0 Å². The fourth-order valence-electron chi connectivity index (χ4n) is 4.12. The van der Waals surface area contributed by atoms with Crippen molar-refractivity contribution in [3.8, 4) is 0 Å². The molecule has 0 radical (unpaired) electrons. The molecule has 3 nitrogen and oxygen atoms in total. The van der Waals surface area contributed by atoms with Crippen LogP contribution in [0.5, 0.6) is 0 Å². The molecule has 0 spiro atoms. The van der Waals surface area contributed by atoms with Crippen molar-refractivity contribution in [2.75, 3.05) is 13.1 Å². The van der Waals surface area contributed by atoms with E-state index in [1.165, 1.54) is 6.07 Å². The fourth-order valence-corrected chi connectivity index (χ4v) is 4.12. The molecule has 5 heteroatoms. The third-order valence-electron chi connectivity index (χ3n) is 5.62. The lowest BCUT2D eigenvalue weighted by atomic mass is 9.71. The van der Waals surface area contributed by atoms with Gasteiger partial charge >= 0.3 is 0 Å². The van der Waals surface area contributed by atoms with Crippen LogP contribution in [0, 0.1) is 17.6 Å². The Morgan fingerprint density at radius 1 is 1.29 bits per heavy atom. The summed E-state index contributed by atoms with van der Waals surface area (Å²) in [5.41, 5.74) is -0.261. The first-order valence-electron chi connectivity index (χ1n) is 8.92. The quantitative estimate of drug-likeness (QED) is 0.914. The molecule has 1 aromatic carbocycles. The average molecular weight is 337 g/mol. The van der Waals surface area contributed by atoms with Crippen molar-refractivity contribution in [2.45, 2.75) is 57.0 Å². The number of benzene rings is 1. The van der Waals surface area contributed by atoms with Crippen LogP contribution in [-0.2, 0) is 11.2 Å². The Hall–Kier alpha value is -1.49. The summed E-state index contributed by atoms with van der Waals surface area (Å²) in [6.07, 6.45) is 5.87. The maximum absolute atomic E-state index is 13.6. The van der Waals surface area contributed by atoms with E-state index in [1.54, 1.807) is 0 Å². The van der Waals surface area contributed by atoms with Crippen molar-refractivity contribution in [3.63, 3.8) is 0 Å². The zero-order valence-electron chi connectivity index (χ0n) is 13.9. The first-order chi connectivity index (χ1) is 11.5. The van der Waals surface area contributed by atoms with Crippen molar-refractivity contribution in [1.29, 1.82) is 0 Å². The zero-order chi connectivity index (χ0) is 17.2. The zero-order valence-corrected chi connectivity index (χ0v) is 13.9. The minimum atomic E-state index is -0.584. The SMILES string of the molecule is O=C(CCCc1cc(F)ccc1F)N1CCC2(O)CCCCC2C1. The largest absolute Gasteiger partial charge is 0.389 e. The van der Waals surface area contributed by atoms with Crippen LogP contribution in [0.15, 0.2) is 18.2 Å². The molecular weight excluding hydrogens is 312 g/mol. The molecule has 1 aromatic rings. The van der Waals surface area contributed by atoms with E-state index in [-0.39, 0.29) is 11.8 Å². The van der Waals surface area contributed by atoms with Crippen LogP contribution < -0.4 is 0 Å². The highest BCUT2D eigenvalue weighted by atomic mass is 19.1. The molecule has 0 bridgehead atoms. The number of piperidine rings is 1. The van der Waals surface area contributed by atoms with Crippen molar-refractivity contribution < 1.29 is 18.7 Å². The molecule has 1 N–H and O–H groups in total. The number of halogens is 2. The van der Waals surface area contributed by atoms with Crippen LogP contribution in [0.1, 0.15) is 50.5 Å². The molecule has 2 aliphatic rings. The van der Waals surface area contributed by atoms with Gasteiger partial charge in [-0.3, -0.25) is 4.79 Å². The van der Waals surface area contributed by atoms with Gasteiger partial charge in [0.15, 0.2) is 0 Å². The molecule has 132 valence electrons. The van der Waals surface area contributed by atoms with Crippen LogP contribution in [0.25, 0.3) is 0 Å². The molecule has 3 rings (SSSR count). The van der Waals surface area contributed by atoms with Gasteiger partial charge in [0.2, 0.25) is 5.91 Å². The Bertz CT molecular complexity index is 607. The van der Waals surface area contributed by atoms with Gasteiger partial charge in [0.1, 0.15) is 11.6 Å². The Labute approximate surface area is 141 Å². The number of fused-ring (bicyclic) bond motifs is 1. The van der Waals surface area contributed by atoms with E-state index < -0.39 is 17.2 Å². The van der Waals surface area contributed by atoms with E-state index in [4.69, 9.17) is 0 Å². The molecule has 1 saturated heterocycles. The lowest BCUT2D eigenvalue weighted by molar-refractivity contribution is -0.143. The first kappa shape index (κ1) is 17.3. The summed E-state index contributed by atoms with van der Waals surface area (Å²) in [6, 6.07) is 3.42. The lowest BCUT2D eigenvalue weighted by Crippen LogP contribution is -2.54. The summed E-state index contributed by atoms with van der Waals surface area (Å²) >= 11 is 0. The molecule has 0 aromatic heterocycles. The normalized spacial score (nSPS) is 27.0. The predicted molar refractivity (Wildman–Crippen MR) is 87.4 cm³/mol. The number of hydrogen-bond donors (Lipinski definition) is 1. The number of rotatable bonds is 4. The van der Waals surface area contributed by atoms with Crippen LogP contribution in [0.2, 0.25) is 0 Å². The molecule has 2 fully saturated rings. The highest BCUT2D eigenvalue weighted by molar-refractivity contribution is 5.76. The minimum absolute atomic E-state index is 0.0550. The summed E-state index contributed by atoms with van der Waals surface area (Å²) in [7, 11) is 0. The molecule has 1 aliphatic carbocycles. The van der Waals surface area contributed by atoms with Crippen molar-refractivity contribution in [1.82, 2.24) is 4.90 Å². The number of nitrogens with zero attached hydrogens (tertiary/aromatic N) is 1. The fraction of sp³-hybridized carbons (Fsp3) is 0.632. The van der Waals surface area contributed by atoms with Gasteiger partial charge in [-0.2, -0.15) is 0 Å². The summed E-state index contributed by atoms with van der Waals surface area (Å²) in [6.45, 7) is 1.23. The van der Waals surface area contributed by atoms with Gasteiger partial charge in [-0.1, -0.05) is 12.8 Å². The van der Waals surface area contributed by atoms with Gasteiger partial charge in [0, 0.05) is 25.4 Å². The van der Waals surface area contributed by atoms with Gasteiger partial charge in [0.05, 0.1) is 5.60 Å². The van der Waals surface area contributed by atoms with Gasteiger partial charge in [-0.15, -0.1) is 0 Å². The molecule has 1 heterocycles. The number of likely N-dealkylation sites (tertiary alicyclic amines) is 1. The van der Waals surface area contributed by atoms with Crippen LogP contribution in [-0.4, -0.2) is 34.6 Å².